The molecule has 3 unspecified atom stereocenters. The van der Waals surface area contributed by atoms with Crippen molar-refractivity contribution in [2.75, 3.05) is 32.8 Å². The highest BCUT2D eigenvalue weighted by Crippen LogP contribution is 2.56. The first kappa shape index (κ1) is 21.0. The van der Waals surface area contributed by atoms with Crippen LogP contribution < -0.4 is 0 Å². The first-order chi connectivity index (χ1) is 14.2. The Balaban J connectivity index is 1.38. The molecule has 3 fully saturated rings. The van der Waals surface area contributed by atoms with Crippen LogP contribution in [0, 0.1) is 23.2 Å². The zero-order valence-corrected chi connectivity index (χ0v) is 18.0. The summed E-state index contributed by atoms with van der Waals surface area (Å²) in [5.41, 5.74) is 0.142. The maximum absolute atomic E-state index is 12.7. The van der Waals surface area contributed by atoms with Crippen LogP contribution in [0.5, 0.6) is 0 Å². The van der Waals surface area contributed by atoms with Crippen LogP contribution in [0.4, 0.5) is 9.59 Å². The minimum atomic E-state index is -0.518. The summed E-state index contributed by atoms with van der Waals surface area (Å²) in [6.45, 7) is 8.27. The van der Waals surface area contributed by atoms with Gasteiger partial charge in [0.05, 0.1) is 6.61 Å². The Labute approximate surface area is 177 Å². The molecule has 0 radical (unpaired) electrons. The summed E-state index contributed by atoms with van der Waals surface area (Å²) in [5, 5.41) is 10.2. The van der Waals surface area contributed by atoms with Crippen LogP contribution >= 0.6 is 0 Å². The van der Waals surface area contributed by atoms with Gasteiger partial charge >= 0.3 is 12.2 Å². The third-order valence-electron chi connectivity index (χ3n) is 6.82. The lowest BCUT2D eigenvalue weighted by atomic mass is 9.79. The van der Waals surface area contributed by atoms with Crippen LogP contribution in [0.15, 0.2) is 30.3 Å². The quantitative estimate of drug-likeness (QED) is 0.819. The number of fused-ring (bicyclic) bond motifs is 3. The molecule has 2 amide bonds. The van der Waals surface area contributed by atoms with E-state index in [1.54, 1.807) is 9.80 Å². The molecule has 2 heterocycles. The molecule has 164 valence electrons. The van der Waals surface area contributed by atoms with Crippen molar-refractivity contribution in [2.45, 2.75) is 39.4 Å². The first-order valence-electron chi connectivity index (χ1n) is 10.8. The number of likely N-dealkylation sites (tertiary alicyclic amines) is 2. The molecule has 4 atom stereocenters. The lowest BCUT2D eigenvalue weighted by Gasteiger charge is -2.30. The Morgan fingerprint density at radius 3 is 2.50 bits per heavy atom. The highest BCUT2D eigenvalue weighted by atomic mass is 16.6. The second kappa shape index (κ2) is 7.76. The van der Waals surface area contributed by atoms with Gasteiger partial charge in [0, 0.05) is 31.6 Å². The molecular weight excluding hydrogens is 384 g/mol. The molecule has 7 heteroatoms. The Morgan fingerprint density at radius 1 is 1.10 bits per heavy atom. The molecule has 30 heavy (non-hydrogen) atoms. The number of hydrogen-bond acceptors (Lipinski definition) is 5. The van der Waals surface area contributed by atoms with E-state index >= 15 is 0 Å². The van der Waals surface area contributed by atoms with Crippen molar-refractivity contribution in [3.8, 4) is 0 Å². The highest BCUT2D eigenvalue weighted by Gasteiger charge is 2.61. The average molecular weight is 417 g/mol. The predicted molar refractivity (Wildman–Crippen MR) is 111 cm³/mol. The maximum Gasteiger partial charge on any atom is 0.410 e. The molecule has 1 saturated carbocycles. The second-order valence-electron chi connectivity index (χ2n) is 10.1. The Hall–Kier alpha value is -2.28. The summed E-state index contributed by atoms with van der Waals surface area (Å²) in [5.74, 6) is 0.790. The van der Waals surface area contributed by atoms with Crippen molar-refractivity contribution in [1.29, 1.82) is 0 Å². The molecule has 2 saturated heterocycles. The molecule has 1 N–H and O–H groups in total. The SMILES string of the molecule is CC(C)(C)OC(=O)N1CC2C[C@]3(CO)CN(C(=O)OCc4ccccc4)CC3C2C1. The van der Waals surface area contributed by atoms with E-state index in [2.05, 4.69) is 0 Å². The van der Waals surface area contributed by atoms with Gasteiger partial charge in [-0.05, 0) is 50.5 Å². The van der Waals surface area contributed by atoms with E-state index in [-0.39, 0.29) is 42.7 Å². The Bertz CT molecular complexity index is 793. The van der Waals surface area contributed by atoms with Gasteiger partial charge in [-0.2, -0.15) is 0 Å². The lowest BCUT2D eigenvalue weighted by molar-refractivity contribution is 0.0250. The van der Waals surface area contributed by atoms with Crippen molar-refractivity contribution in [3.63, 3.8) is 0 Å². The van der Waals surface area contributed by atoms with Gasteiger partial charge in [0.1, 0.15) is 12.2 Å². The molecule has 1 aromatic carbocycles. The van der Waals surface area contributed by atoms with Crippen molar-refractivity contribution in [1.82, 2.24) is 9.80 Å². The summed E-state index contributed by atoms with van der Waals surface area (Å²) in [4.78, 5) is 28.7. The zero-order chi connectivity index (χ0) is 21.5. The monoisotopic (exact) mass is 416 g/mol. The number of carbonyl (C=O) groups excluding carboxylic acids is 2. The van der Waals surface area contributed by atoms with E-state index < -0.39 is 5.60 Å². The van der Waals surface area contributed by atoms with Crippen molar-refractivity contribution >= 4 is 12.2 Å². The number of nitrogens with zero attached hydrogens (tertiary/aromatic N) is 2. The number of carbonyl (C=O) groups is 2. The van der Waals surface area contributed by atoms with E-state index in [4.69, 9.17) is 9.47 Å². The van der Waals surface area contributed by atoms with E-state index in [0.717, 1.165) is 12.0 Å². The van der Waals surface area contributed by atoms with E-state index in [1.165, 1.54) is 0 Å². The fraction of sp³-hybridized carbons (Fsp3) is 0.652. The van der Waals surface area contributed by atoms with Gasteiger partial charge in [-0.1, -0.05) is 30.3 Å². The number of amides is 2. The van der Waals surface area contributed by atoms with E-state index in [0.29, 0.717) is 32.1 Å². The molecule has 2 aliphatic heterocycles. The molecule has 0 bridgehead atoms. The average Bonchev–Trinajstić information content (AvgIpc) is 3.33. The second-order valence-corrected chi connectivity index (χ2v) is 10.1. The number of rotatable bonds is 3. The topological polar surface area (TPSA) is 79.3 Å². The number of benzene rings is 1. The van der Waals surface area contributed by atoms with Gasteiger partial charge in [-0.25, -0.2) is 9.59 Å². The molecule has 1 aromatic rings. The standard InChI is InChI=1S/C23H32N2O5/c1-22(2,3)30-21(28)24-10-17-9-23(15-26)14-25(12-19(23)18(17)11-24)20(27)29-13-16-7-5-4-6-8-16/h4-8,17-19,26H,9-15H2,1-3H3/t17?,18?,19?,23-/m1/s1. The highest BCUT2D eigenvalue weighted by molar-refractivity contribution is 5.69. The minimum Gasteiger partial charge on any atom is -0.445 e. The van der Waals surface area contributed by atoms with Crippen LogP contribution in [-0.4, -0.2) is 65.5 Å². The Morgan fingerprint density at radius 2 is 1.83 bits per heavy atom. The summed E-state index contributed by atoms with van der Waals surface area (Å²) < 4.78 is 11.0. The van der Waals surface area contributed by atoms with Crippen LogP contribution in [0.3, 0.4) is 0 Å². The zero-order valence-electron chi connectivity index (χ0n) is 18.0. The first-order valence-corrected chi connectivity index (χ1v) is 10.8. The fourth-order valence-corrected chi connectivity index (χ4v) is 5.55. The third kappa shape index (κ3) is 4.00. The van der Waals surface area contributed by atoms with Crippen molar-refractivity contribution in [3.05, 3.63) is 35.9 Å². The summed E-state index contributed by atoms with van der Waals surface area (Å²) >= 11 is 0. The molecule has 0 aromatic heterocycles. The largest absolute Gasteiger partial charge is 0.445 e. The van der Waals surface area contributed by atoms with Gasteiger partial charge < -0.3 is 24.4 Å². The number of aliphatic hydroxyl groups is 1. The molecule has 7 nitrogen and oxygen atoms in total. The predicted octanol–water partition coefficient (Wildman–Crippen LogP) is 3.12. The van der Waals surface area contributed by atoms with Crippen LogP contribution in [-0.2, 0) is 16.1 Å². The van der Waals surface area contributed by atoms with Crippen LogP contribution in [0.1, 0.15) is 32.8 Å². The van der Waals surface area contributed by atoms with Crippen molar-refractivity contribution < 1.29 is 24.2 Å². The van der Waals surface area contributed by atoms with Gasteiger partial charge in [0.2, 0.25) is 0 Å². The lowest BCUT2D eigenvalue weighted by Crippen LogP contribution is -2.39. The Kier molecular flexibility index (Phi) is 5.43. The van der Waals surface area contributed by atoms with Crippen LogP contribution in [0.2, 0.25) is 0 Å². The molecule has 3 aliphatic rings. The maximum atomic E-state index is 12.7. The molecule has 1 aliphatic carbocycles. The number of ether oxygens (including phenoxy) is 2. The number of aliphatic hydroxyl groups excluding tert-OH is 1. The third-order valence-corrected chi connectivity index (χ3v) is 6.82. The summed E-state index contributed by atoms with van der Waals surface area (Å²) in [7, 11) is 0. The summed E-state index contributed by atoms with van der Waals surface area (Å²) in [6.07, 6.45) is 0.212. The van der Waals surface area contributed by atoms with E-state index in [9.17, 15) is 14.7 Å². The molecular formula is C23H32N2O5. The van der Waals surface area contributed by atoms with Gasteiger partial charge in [0.15, 0.2) is 0 Å². The molecule has 4 rings (SSSR count). The summed E-state index contributed by atoms with van der Waals surface area (Å²) in [6, 6.07) is 9.61. The van der Waals surface area contributed by atoms with Gasteiger partial charge in [-0.15, -0.1) is 0 Å². The van der Waals surface area contributed by atoms with Gasteiger partial charge in [-0.3, -0.25) is 0 Å². The fourth-order valence-electron chi connectivity index (χ4n) is 5.55. The number of hydrogen-bond donors (Lipinski definition) is 1. The van der Waals surface area contributed by atoms with Gasteiger partial charge in [0.25, 0.3) is 0 Å². The van der Waals surface area contributed by atoms with Crippen molar-refractivity contribution in [2.24, 2.45) is 23.2 Å². The van der Waals surface area contributed by atoms with E-state index in [1.807, 2.05) is 51.1 Å². The minimum absolute atomic E-state index is 0.0551. The normalized spacial score (nSPS) is 30.2. The molecule has 0 spiro atoms. The smallest absolute Gasteiger partial charge is 0.410 e. The van der Waals surface area contributed by atoms with Crippen LogP contribution in [0.25, 0.3) is 0 Å².